The summed E-state index contributed by atoms with van der Waals surface area (Å²) in [6.45, 7) is 1.76. The summed E-state index contributed by atoms with van der Waals surface area (Å²) in [5.74, 6) is 0.907. The quantitative estimate of drug-likeness (QED) is 0.703. The number of hydrogen-bond donors (Lipinski definition) is 2. The molecular formula is C20H19N7O. The molecular weight excluding hydrogens is 354 g/mol. The van der Waals surface area contributed by atoms with E-state index >= 15 is 0 Å². The van der Waals surface area contributed by atoms with Crippen LogP contribution in [0.2, 0.25) is 0 Å². The molecule has 8 nitrogen and oxygen atoms in total. The van der Waals surface area contributed by atoms with Crippen LogP contribution in [0.1, 0.15) is 18.5 Å². The van der Waals surface area contributed by atoms with Gasteiger partial charge in [-0.05, 0) is 37.1 Å². The topological polar surface area (TPSA) is 109 Å². The van der Waals surface area contributed by atoms with Crippen molar-refractivity contribution >= 4 is 11.6 Å². The number of anilines is 2. The number of hydrogen-bond acceptors (Lipinski definition) is 8. The summed E-state index contributed by atoms with van der Waals surface area (Å²) in [6, 6.07) is 7.65. The van der Waals surface area contributed by atoms with Gasteiger partial charge in [0.25, 0.3) is 0 Å². The van der Waals surface area contributed by atoms with Crippen LogP contribution >= 0.6 is 0 Å². The van der Waals surface area contributed by atoms with Crippen LogP contribution in [0, 0.1) is 11.3 Å². The monoisotopic (exact) mass is 373 g/mol. The molecule has 0 amide bonds. The van der Waals surface area contributed by atoms with Gasteiger partial charge in [-0.3, -0.25) is 4.98 Å². The number of piperidine rings is 1. The Labute approximate surface area is 162 Å². The average Bonchev–Trinajstić information content (AvgIpc) is 2.76. The summed E-state index contributed by atoms with van der Waals surface area (Å²) in [7, 11) is 0. The molecule has 1 saturated heterocycles. The smallest absolute Gasteiger partial charge is 0.227 e. The predicted octanol–water partition coefficient (Wildman–Crippen LogP) is 2.68. The van der Waals surface area contributed by atoms with E-state index in [9.17, 15) is 5.26 Å². The van der Waals surface area contributed by atoms with Crippen LogP contribution in [0.5, 0.6) is 5.75 Å². The predicted molar refractivity (Wildman–Crippen MR) is 104 cm³/mol. The van der Waals surface area contributed by atoms with Gasteiger partial charge in [-0.15, -0.1) is 0 Å². The zero-order valence-corrected chi connectivity index (χ0v) is 15.2. The van der Waals surface area contributed by atoms with E-state index in [4.69, 9.17) is 4.74 Å². The Morgan fingerprint density at radius 2 is 1.93 bits per heavy atom. The first-order valence-electron chi connectivity index (χ1n) is 9.09. The van der Waals surface area contributed by atoms with Crippen molar-refractivity contribution in [1.29, 1.82) is 5.26 Å². The first kappa shape index (κ1) is 17.8. The fourth-order valence-electron chi connectivity index (χ4n) is 3.00. The molecule has 0 radical (unpaired) electrons. The minimum atomic E-state index is 0.0359. The molecule has 1 aliphatic heterocycles. The van der Waals surface area contributed by atoms with Crippen LogP contribution < -0.4 is 15.4 Å². The van der Waals surface area contributed by atoms with Crippen LogP contribution in [-0.2, 0) is 0 Å². The number of nitrogens with zero attached hydrogens (tertiary/aromatic N) is 5. The van der Waals surface area contributed by atoms with Crippen LogP contribution in [0.25, 0.3) is 11.1 Å². The first-order chi connectivity index (χ1) is 13.8. The Balaban J connectivity index is 1.50. The van der Waals surface area contributed by atoms with Gasteiger partial charge in [-0.1, -0.05) is 0 Å². The van der Waals surface area contributed by atoms with Crippen LogP contribution in [0.4, 0.5) is 11.6 Å². The number of rotatable bonds is 5. The molecule has 28 heavy (non-hydrogen) atoms. The largest absolute Gasteiger partial charge is 0.486 e. The SMILES string of the molecule is N#Cc1ncc(Nc2ncc(-c3ccncc3)cn2)cc1OC1CCCNC1. The van der Waals surface area contributed by atoms with Crippen molar-refractivity contribution in [3.63, 3.8) is 0 Å². The van der Waals surface area contributed by atoms with E-state index < -0.39 is 0 Å². The number of nitriles is 1. The van der Waals surface area contributed by atoms with Crippen molar-refractivity contribution in [2.45, 2.75) is 18.9 Å². The van der Waals surface area contributed by atoms with Crippen LogP contribution in [0.15, 0.2) is 49.2 Å². The highest BCUT2D eigenvalue weighted by Crippen LogP contribution is 2.25. The maximum Gasteiger partial charge on any atom is 0.227 e. The molecule has 0 aliphatic carbocycles. The molecule has 1 unspecified atom stereocenters. The van der Waals surface area contributed by atoms with Gasteiger partial charge in [-0.2, -0.15) is 5.26 Å². The van der Waals surface area contributed by atoms with E-state index in [1.165, 1.54) is 0 Å². The third kappa shape index (κ3) is 4.22. The summed E-state index contributed by atoms with van der Waals surface area (Å²) < 4.78 is 6.00. The van der Waals surface area contributed by atoms with E-state index in [1.54, 1.807) is 37.1 Å². The third-order valence-corrected chi connectivity index (χ3v) is 4.43. The maximum absolute atomic E-state index is 9.31. The van der Waals surface area contributed by atoms with E-state index in [0.717, 1.165) is 37.1 Å². The normalized spacial score (nSPS) is 16.2. The molecule has 8 heteroatoms. The Morgan fingerprint density at radius 1 is 1.11 bits per heavy atom. The second-order valence-corrected chi connectivity index (χ2v) is 6.42. The lowest BCUT2D eigenvalue weighted by Crippen LogP contribution is -2.37. The minimum Gasteiger partial charge on any atom is -0.486 e. The van der Waals surface area contributed by atoms with Crippen molar-refractivity contribution < 1.29 is 4.74 Å². The summed E-state index contributed by atoms with van der Waals surface area (Å²) in [6.07, 6.45) is 10.6. The highest BCUT2D eigenvalue weighted by Gasteiger charge is 2.17. The van der Waals surface area contributed by atoms with Gasteiger partial charge in [0, 0.05) is 43.0 Å². The molecule has 1 fully saturated rings. The lowest BCUT2D eigenvalue weighted by molar-refractivity contribution is 0.166. The molecule has 3 aromatic rings. The lowest BCUT2D eigenvalue weighted by Gasteiger charge is -2.24. The standard InChI is InChI=1S/C20H19N7O/c21-9-18-19(28-17-2-1-5-23-13-17)8-16(12-24-18)27-20-25-10-15(11-26-20)14-3-6-22-7-4-14/h3-4,6-8,10-12,17,23H,1-2,5,13H2,(H,25,26,27). The zero-order chi connectivity index (χ0) is 19.2. The Bertz CT molecular complexity index is 964. The van der Waals surface area contributed by atoms with Crippen molar-refractivity contribution in [3.05, 3.63) is 54.9 Å². The molecule has 4 heterocycles. The summed E-state index contributed by atoms with van der Waals surface area (Å²) in [4.78, 5) is 16.9. The molecule has 140 valence electrons. The summed E-state index contributed by atoms with van der Waals surface area (Å²) in [5, 5.41) is 15.7. The van der Waals surface area contributed by atoms with Crippen molar-refractivity contribution in [2.75, 3.05) is 18.4 Å². The van der Waals surface area contributed by atoms with E-state index in [1.807, 2.05) is 12.1 Å². The average molecular weight is 373 g/mol. The third-order valence-electron chi connectivity index (χ3n) is 4.43. The fraction of sp³-hybridized carbons (Fsp3) is 0.250. The Kier molecular flexibility index (Phi) is 5.36. The fourth-order valence-corrected chi connectivity index (χ4v) is 3.00. The lowest BCUT2D eigenvalue weighted by atomic mass is 10.1. The van der Waals surface area contributed by atoms with E-state index in [0.29, 0.717) is 17.4 Å². The van der Waals surface area contributed by atoms with Gasteiger partial charge < -0.3 is 15.4 Å². The minimum absolute atomic E-state index is 0.0359. The van der Waals surface area contributed by atoms with Gasteiger partial charge in [0.05, 0.1) is 11.9 Å². The Morgan fingerprint density at radius 3 is 2.64 bits per heavy atom. The van der Waals surface area contributed by atoms with Gasteiger partial charge in [-0.25, -0.2) is 15.0 Å². The highest BCUT2D eigenvalue weighted by atomic mass is 16.5. The van der Waals surface area contributed by atoms with Crippen LogP contribution in [-0.4, -0.2) is 39.1 Å². The summed E-state index contributed by atoms with van der Waals surface area (Å²) in [5.41, 5.74) is 2.83. The second-order valence-electron chi connectivity index (χ2n) is 6.42. The molecule has 2 N–H and O–H groups in total. The van der Waals surface area contributed by atoms with Crippen molar-refractivity contribution in [3.8, 4) is 22.9 Å². The highest BCUT2D eigenvalue weighted by molar-refractivity contribution is 5.62. The molecule has 0 aromatic carbocycles. The second kappa shape index (κ2) is 8.41. The number of pyridine rings is 2. The summed E-state index contributed by atoms with van der Waals surface area (Å²) >= 11 is 0. The van der Waals surface area contributed by atoms with E-state index in [2.05, 4.69) is 36.6 Å². The van der Waals surface area contributed by atoms with Crippen molar-refractivity contribution in [1.82, 2.24) is 25.3 Å². The van der Waals surface area contributed by atoms with Gasteiger partial charge in [0.15, 0.2) is 11.4 Å². The molecule has 0 spiro atoms. The molecule has 0 bridgehead atoms. The number of ether oxygens (including phenoxy) is 1. The van der Waals surface area contributed by atoms with Gasteiger partial charge >= 0.3 is 0 Å². The molecule has 1 aliphatic rings. The number of aromatic nitrogens is 4. The molecule has 3 aromatic heterocycles. The van der Waals surface area contributed by atoms with E-state index in [-0.39, 0.29) is 11.8 Å². The van der Waals surface area contributed by atoms with Gasteiger partial charge in [0.1, 0.15) is 12.2 Å². The van der Waals surface area contributed by atoms with Gasteiger partial charge in [0.2, 0.25) is 5.95 Å². The number of nitrogens with one attached hydrogen (secondary N) is 2. The molecule has 1 atom stereocenters. The Hall–Kier alpha value is -3.57. The molecule has 4 rings (SSSR count). The van der Waals surface area contributed by atoms with Crippen molar-refractivity contribution in [2.24, 2.45) is 0 Å². The first-order valence-corrected chi connectivity index (χ1v) is 9.09. The zero-order valence-electron chi connectivity index (χ0n) is 15.2. The molecule has 0 saturated carbocycles. The maximum atomic E-state index is 9.31. The van der Waals surface area contributed by atoms with Crippen LogP contribution in [0.3, 0.4) is 0 Å².